The highest BCUT2D eigenvalue weighted by atomic mass is 79.9. The number of hydrogen-bond acceptors (Lipinski definition) is 3. The number of fused-ring (bicyclic) bond motifs is 1. The highest BCUT2D eigenvalue weighted by Gasteiger charge is 2.46. The average molecular weight is 474 g/mol. The number of imidazole rings is 1. The molecule has 0 N–H and O–H groups in total. The lowest BCUT2D eigenvalue weighted by Gasteiger charge is -2.40. The molecule has 1 aliphatic rings. The number of alkyl halides is 3. The number of aromatic nitrogens is 3. The van der Waals surface area contributed by atoms with Crippen molar-refractivity contribution in [3.8, 4) is 0 Å². The van der Waals surface area contributed by atoms with Crippen molar-refractivity contribution in [3.63, 3.8) is 0 Å². The molecule has 0 spiro atoms. The summed E-state index contributed by atoms with van der Waals surface area (Å²) in [6.45, 7) is 0.513. The maximum atomic E-state index is 13.6. The van der Waals surface area contributed by atoms with Gasteiger partial charge in [0.25, 0.3) is 0 Å². The van der Waals surface area contributed by atoms with Gasteiger partial charge in [-0.1, -0.05) is 41.9 Å². The summed E-state index contributed by atoms with van der Waals surface area (Å²) >= 11 is 9.57. The Kier molecular flexibility index (Phi) is 5.37. The summed E-state index contributed by atoms with van der Waals surface area (Å²) in [6.07, 6.45) is -0.517. The molecule has 3 heterocycles. The fourth-order valence-electron chi connectivity index (χ4n) is 3.89. The minimum Gasteiger partial charge on any atom is -0.298 e. The van der Waals surface area contributed by atoms with Crippen molar-refractivity contribution < 1.29 is 13.2 Å². The first kappa shape index (κ1) is 19.7. The van der Waals surface area contributed by atoms with Crippen LogP contribution in [-0.4, -0.2) is 38.0 Å². The second-order valence-electron chi connectivity index (χ2n) is 6.94. The molecule has 0 bridgehead atoms. The first-order valence-corrected chi connectivity index (χ1v) is 10.0. The lowest BCUT2D eigenvalue weighted by Crippen LogP contribution is -2.50. The van der Waals surface area contributed by atoms with Crippen molar-refractivity contribution in [1.82, 2.24) is 19.3 Å². The van der Waals surface area contributed by atoms with E-state index in [4.69, 9.17) is 11.6 Å². The predicted molar refractivity (Wildman–Crippen MR) is 104 cm³/mol. The average Bonchev–Trinajstić information content (AvgIpc) is 3.00. The zero-order valence-corrected chi connectivity index (χ0v) is 17.0. The van der Waals surface area contributed by atoms with Crippen LogP contribution in [0, 0.1) is 0 Å². The summed E-state index contributed by atoms with van der Waals surface area (Å²) in [7, 11) is 0. The molecule has 28 heavy (non-hydrogen) atoms. The summed E-state index contributed by atoms with van der Waals surface area (Å²) in [5.74, 6) is 0.560. The fraction of sp³-hybridized carbons (Fsp3) is 0.368. The van der Waals surface area contributed by atoms with Crippen molar-refractivity contribution in [2.45, 2.75) is 37.5 Å². The topological polar surface area (TPSA) is 33.4 Å². The van der Waals surface area contributed by atoms with Gasteiger partial charge in [0, 0.05) is 31.4 Å². The Labute approximate surface area is 173 Å². The van der Waals surface area contributed by atoms with Gasteiger partial charge in [0.2, 0.25) is 0 Å². The van der Waals surface area contributed by atoms with E-state index in [2.05, 4.69) is 25.9 Å². The zero-order valence-electron chi connectivity index (χ0n) is 14.7. The molecule has 2 aromatic heterocycles. The first-order valence-electron chi connectivity index (χ1n) is 8.87. The number of hydrogen-bond donors (Lipinski definition) is 0. The summed E-state index contributed by atoms with van der Waals surface area (Å²) in [4.78, 5) is 10.1. The van der Waals surface area contributed by atoms with Crippen molar-refractivity contribution in [1.29, 1.82) is 0 Å². The number of halogens is 5. The molecule has 3 aromatic rings. The minimum atomic E-state index is -4.26. The minimum absolute atomic E-state index is 0.0341. The Balaban J connectivity index is 1.67. The van der Waals surface area contributed by atoms with Crippen LogP contribution in [0.2, 0.25) is 5.15 Å². The highest BCUT2D eigenvalue weighted by Crippen LogP contribution is 2.39. The van der Waals surface area contributed by atoms with E-state index in [0.29, 0.717) is 27.5 Å². The van der Waals surface area contributed by atoms with E-state index < -0.39 is 12.2 Å². The van der Waals surface area contributed by atoms with Crippen molar-refractivity contribution >= 4 is 33.0 Å². The number of piperidine rings is 1. The molecule has 0 amide bonds. The predicted octanol–water partition coefficient (Wildman–Crippen LogP) is 5.46. The highest BCUT2D eigenvalue weighted by molar-refractivity contribution is 9.10. The molecule has 2 unspecified atom stereocenters. The Morgan fingerprint density at radius 1 is 1.18 bits per heavy atom. The molecule has 148 valence electrons. The Hall–Kier alpha value is -1.64. The Morgan fingerprint density at radius 3 is 2.64 bits per heavy atom. The molecule has 0 saturated carbocycles. The SMILES string of the molecule is FC(F)(F)C1CCC(c2nc(Br)c3c(Cl)nccn23)CN1Cc1ccccc1. The van der Waals surface area contributed by atoms with Crippen LogP contribution in [0.1, 0.15) is 30.1 Å². The fourth-order valence-corrected chi connectivity index (χ4v) is 4.80. The largest absolute Gasteiger partial charge is 0.404 e. The van der Waals surface area contributed by atoms with Gasteiger partial charge in [0.1, 0.15) is 22.0 Å². The van der Waals surface area contributed by atoms with Crippen LogP contribution in [0.5, 0.6) is 0 Å². The third-order valence-electron chi connectivity index (χ3n) is 5.15. The normalized spacial score (nSPS) is 21.3. The second kappa shape index (κ2) is 7.65. The first-order chi connectivity index (χ1) is 13.3. The van der Waals surface area contributed by atoms with Crippen LogP contribution in [0.4, 0.5) is 13.2 Å². The van der Waals surface area contributed by atoms with E-state index in [1.54, 1.807) is 12.4 Å². The number of benzene rings is 1. The van der Waals surface area contributed by atoms with Crippen LogP contribution in [0.25, 0.3) is 5.52 Å². The molecule has 0 aliphatic carbocycles. The van der Waals surface area contributed by atoms with E-state index in [1.165, 1.54) is 4.90 Å². The third kappa shape index (κ3) is 3.77. The molecular formula is C19H17BrClF3N4. The van der Waals surface area contributed by atoms with Crippen LogP contribution in [0.15, 0.2) is 47.3 Å². The Morgan fingerprint density at radius 2 is 1.93 bits per heavy atom. The van der Waals surface area contributed by atoms with E-state index in [0.717, 1.165) is 5.56 Å². The maximum Gasteiger partial charge on any atom is 0.404 e. The summed E-state index contributed by atoms with van der Waals surface area (Å²) < 4.78 is 43.3. The lowest BCUT2D eigenvalue weighted by molar-refractivity contribution is -0.194. The van der Waals surface area contributed by atoms with Gasteiger partial charge in [-0.3, -0.25) is 9.30 Å². The number of likely N-dealkylation sites (tertiary alicyclic amines) is 1. The Bertz CT molecular complexity index is 976. The van der Waals surface area contributed by atoms with Gasteiger partial charge >= 0.3 is 6.18 Å². The van der Waals surface area contributed by atoms with E-state index in [-0.39, 0.29) is 25.4 Å². The summed E-state index contributed by atoms with van der Waals surface area (Å²) in [6, 6.07) is 7.79. The van der Waals surface area contributed by atoms with Crippen molar-refractivity contribution in [2.75, 3.05) is 6.54 Å². The summed E-state index contributed by atoms with van der Waals surface area (Å²) in [5.41, 5.74) is 1.49. The van der Waals surface area contributed by atoms with Gasteiger partial charge in [-0.2, -0.15) is 13.2 Å². The van der Waals surface area contributed by atoms with Crippen LogP contribution in [-0.2, 0) is 6.54 Å². The van der Waals surface area contributed by atoms with E-state index in [1.807, 2.05) is 34.7 Å². The van der Waals surface area contributed by atoms with Crippen LogP contribution >= 0.6 is 27.5 Å². The van der Waals surface area contributed by atoms with Gasteiger partial charge in [-0.15, -0.1) is 0 Å². The van der Waals surface area contributed by atoms with Gasteiger partial charge in [-0.25, -0.2) is 9.97 Å². The molecule has 2 atom stereocenters. The number of rotatable bonds is 3. The molecule has 1 fully saturated rings. The molecule has 1 saturated heterocycles. The monoisotopic (exact) mass is 472 g/mol. The van der Waals surface area contributed by atoms with Crippen molar-refractivity contribution in [2.24, 2.45) is 0 Å². The van der Waals surface area contributed by atoms with Gasteiger partial charge < -0.3 is 0 Å². The summed E-state index contributed by atoms with van der Waals surface area (Å²) in [5, 5.41) is 0.304. The van der Waals surface area contributed by atoms with E-state index >= 15 is 0 Å². The molecule has 0 radical (unpaired) electrons. The van der Waals surface area contributed by atoms with Gasteiger partial charge in [-0.05, 0) is 34.3 Å². The molecule has 4 nitrogen and oxygen atoms in total. The molecule has 4 rings (SSSR count). The molecule has 1 aliphatic heterocycles. The zero-order chi connectivity index (χ0) is 19.9. The van der Waals surface area contributed by atoms with Crippen molar-refractivity contribution in [3.05, 3.63) is 63.9 Å². The number of nitrogens with zero attached hydrogens (tertiary/aromatic N) is 4. The lowest BCUT2D eigenvalue weighted by atomic mass is 9.91. The van der Waals surface area contributed by atoms with Gasteiger partial charge in [0.05, 0.1) is 0 Å². The van der Waals surface area contributed by atoms with Gasteiger partial charge in [0.15, 0.2) is 5.15 Å². The molecule has 9 heteroatoms. The third-order valence-corrected chi connectivity index (χ3v) is 5.98. The quantitative estimate of drug-likeness (QED) is 0.507. The molecule has 1 aromatic carbocycles. The second-order valence-corrected chi connectivity index (χ2v) is 8.05. The maximum absolute atomic E-state index is 13.6. The smallest absolute Gasteiger partial charge is 0.298 e. The van der Waals surface area contributed by atoms with Crippen LogP contribution < -0.4 is 0 Å². The standard InChI is InChI=1S/C19H17BrClF3N4/c20-16-15-17(21)25-8-9-28(15)18(26-16)13-6-7-14(19(22,23)24)27(11-13)10-12-4-2-1-3-5-12/h1-5,8-9,13-14H,6-7,10-11H2. The van der Waals surface area contributed by atoms with E-state index in [9.17, 15) is 13.2 Å². The van der Waals surface area contributed by atoms with Crippen LogP contribution in [0.3, 0.4) is 0 Å². The molecular weight excluding hydrogens is 457 g/mol.